The molecule has 27 heavy (non-hydrogen) atoms. The molecule has 1 aromatic rings. The van der Waals surface area contributed by atoms with Gasteiger partial charge in [-0.05, 0) is 31.0 Å². The van der Waals surface area contributed by atoms with E-state index in [0.717, 1.165) is 6.42 Å². The lowest BCUT2D eigenvalue weighted by molar-refractivity contribution is -0.128. The summed E-state index contributed by atoms with van der Waals surface area (Å²) in [5, 5.41) is 11.7. The number of terminal acetylenes is 1. The van der Waals surface area contributed by atoms with Gasteiger partial charge in [0.25, 0.3) is 0 Å². The smallest absolute Gasteiger partial charge is 0.249 e. The molecule has 1 unspecified atom stereocenters. The summed E-state index contributed by atoms with van der Waals surface area (Å²) in [6, 6.07) is 4.53. The Morgan fingerprint density at radius 1 is 1.33 bits per heavy atom. The number of hydrogen-bond donors (Lipinski definition) is 1. The average molecular weight is 407 g/mol. The number of nitrogens with zero attached hydrogens (tertiary/aromatic N) is 3. The summed E-state index contributed by atoms with van der Waals surface area (Å²) >= 11 is 12.0. The standard InChI is InChI=1S/C19H20Cl2N4O2/c1-2-3-9-19(23-24-19)10-8-17(26)22-16-5-4-11-25(18(16)27)13-6-7-14(20)15(21)12-13/h1,6-7,12,16H,3-5,8-11H2,(H,22,26). The molecular weight excluding hydrogens is 387 g/mol. The maximum absolute atomic E-state index is 12.8. The number of carbonyl (C=O) groups is 2. The van der Waals surface area contributed by atoms with Crippen molar-refractivity contribution < 1.29 is 9.59 Å². The van der Waals surface area contributed by atoms with Gasteiger partial charge in [0.2, 0.25) is 11.8 Å². The van der Waals surface area contributed by atoms with E-state index in [1.807, 2.05) is 0 Å². The number of hydrogen-bond acceptors (Lipinski definition) is 4. The van der Waals surface area contributed by atoms with Gasteiger partial charge in [-0.2, -0.15) is 10.2 Å². The minimum absolute atomic E-state index is 0.143. The van der Waals surface area contributed by atoms with Crippen molar-refractivity contribution in [3.63, 3.8) is 0 Å². The van der Waals surface area contributed by atoms with Crippen molar-refractivity contribution in [2.75, 3.05) is 11.4 Å². The van der Waals surface area contributed by atoms with E-state index in [2.05, 4.69) is 21.5 Å². The normalized spacial score (nSPS) is 20.3. The van der Waals surface area contributed by atoms with Crippen LogP contribution in [0, 0.1) is 12.3 Å². The molecule has 0 saturated carbocycles. The Bertz CT molecular complexity index is 812. The molecule has 0 aromatic heterocycles. The van der Waals surface area contributed by atoms with Crippen LogP contribution in [0.4, 0.5) is 5.69 Å². The molecule has 0 bridgehead atoms. The van der Waals surface area contributed by atoms with Gasteiger partial charge in [0, 0.05) is 37.9 Å². The van der Waals surface area contributed by atoms with Crippen LogP contribution in [0.2, 0.25) is 10.0 Å². The predicted octanol–water partition coefficient (Wildman–Crippen LogP) is 3.96. The molecule has 2 aliphatic rings. The highest BCUT2D eigenvalue weighted by Crippen LogP contribution is 2.37. The maximum Gasteiger partial charge on any atom is 0.249 e. The number of nitrogens with one attached hydrogen (secondary N) is 1. The van der Waals surface area contributed by atoms with Gasteiger partial charge in [-0.15, -0.1) is 12.3 Å². The fraction of sp³-hybridized carbons (Fsp3) is 0.474. The van der Waals surface area contributed by atoms with Crippen LogP contribution in [0.25, 0.3) is 0 Å². The van der Waals surface area contributed by atoms with Crippen LogP contribution in [-0.4, -0.2) is 30.1 Å². The summed E-state index contributed by atoms with van der Waals surface area (Å²) in [6.45, 7) is 0.579. The molecule has 0 aliphatic carbocycles. The summed E-state index contributed by atoms with van der Waals surface area (Å²) in [6.07, 6.45) is 8.67. The molecular formula is C19H20Cl2N4O2. The second-order valence-corrected chi connectivity index (χ2v) is 7.55. The Labute approximate surface area is 168 Å². The zero-order valence-electron chi connectivity index (χ0n) is 14.8. The van der Waals surface area contributed by atoms with Crippen molar-refractivity contribution >= 4 is 40.7 Å². The van der Waals surface area contributed by atoms with E-state index in [4.69, 9.17) is 29.6 Å². The average Bonchev–Trinajstić information content (AvgIpc) is 3.43. The van der Waals surface area contributed by atoms with Gasteiger partial charge in [-0.25, -0.2) is 0 Å². The van der Waals surface area contributed by atoms with E-state index < -0.39 is 11.7 Å². The minimum Gasteiger partial charge on any atom is -0.344 e. The van der Waals surface area contributed by atoms with Crippen LogP contribution in [0.15, 0.2) is 28.4 Å². The summed E-state index contributed by atoms with van der Waals surface area (Å²) in [4.78, 5) is 26.7. The fourth-order valence-corrected chi connectivity index (χ4v) is 3.46. The first-order valence-corrected chi connectivity index (χ1v) is 9.63. The maximum atomic E-state index is 12.8. The van der Waals surface area contributed by atoms with Gasteiger partial charge in [0.1, 0.15) is 6.04 Å². The number of halogens is 2. The lowest BCUT2D eigenvalue weighted by Gasteiger charge is -2.33. The number of amides is 2. The topological polar surface area (TPSA) is 74.1 Å². The molecule has 1 fully saturated rings. The first-order chi connectivity index (χ1) is 12.9. The molecule has 2 aliphatic heterocycles. The van der Waals surface area contributed by atoms with Gasteiger partial charge in [0.15, 0.2) is 5.66 Å². The molecule has 1 aromatic carbocycles. The summed E-state index contributed by atoms with van der Waals surface area (Å²) < 4.78 is 0. The van der Waals surface area contributed by atoms with Gasteiger partial charge < -0.3 is 10.2 Å². The third-order valence-corrected chi connectivity index (χ3v) is 5.53. The van der Waals surface area contributed by atoms with E-state index in [0.29, 0.717) is 48.0 Å². The highest BCUT2D eigenvalue weighted by molar-refractivity contribution is 6.42. The number of benzene rings is 1. The van der Waals surface area contributed by atoms with E-state index in [-0.39, 0.29) is 18.2 Å². The quantitative estimate of drug-likeness (QED) is 0.695. The minimum atomic E-state index is -0.546. The van der Waals surface area contributed by atoms with Crippen molar-refractivity contribution in [1.82, 2.24) is 5.32 Å². The predicted molar refractivity (Wildman–Crippen MR) is 105 cm³/mol. The highest BCUT2D eigenvalue weighted by atomic mass is 35.5. The van der Waals surface area contributed by atoms with E-state index in [9.17, 15) is 9.59 Å². The van der Waals surface area contributed by atoms with Crippen LogP contribution in [0.1, 0.15) is 38.5 Å². The second kappa shape index (κ2) is 8.28. The molecule has 8 heteroatoms. The van der Waals surface area contributed by atoms with Gasteiger partial charge >= 0.3 is 0 Å². The SMILES string of the molecule is C#CCCC1(CCC(=O)NC2CCCN(c3ccc(Cl)c(Cl)c3)C2=O)N=N1. The Hall–Kier alpha value is -2.10. The van der Waals surface area contributed by atoms with E-state index >= 15 is 0 Å². The molecule has 3 rings (SSSR count). The van der Waals surface area contributed by atoms with Crippen molar-refractivity contribution in [3.05, 3.63) is 28.2 Å². The first-order valence-electron chi connectivity index (χ1n) is 8.87. The molecule has 1 saturated heterocycles. The van der Waals surface area contributed by atoms with Gasteiger partial charge in [-0.3, -0.25) is 9.59 Å². The summed E-state index contributed by atoms with van der Waals surface area (Å²) in [7, 11) is 0. The van der Waals surface area contributed by atoms with Crippen molar-refractivity contribution in [2.45, 2.75) is 50.2 Å². The lowest BCUT2D eigenvalue weighted by atomic mass is 10.0. The molecule has 1 N–H and O–H groups in total. The number of carbonyl (C=O) groups excluding carboxylic acids is 2. The zero-order chi connectivity index (χ0) is 19.4. The number of rotatable bonds is 7. The third kappa shape index (κ3) is 4.79. The molecule has 0 radical (unpaired) electrons. The van der Waals surface area contributed by atoms with Crippen LogP contribution < -0.4 is 10.2 Å². The largest absolute Gasteiger partial charge is 0.344 e. The molecule has 2 heterocycles. The lowest BCUT2D eigenvalue weighted by Crippen LogP contribution is -2.52. The molecule has 2 amide bonds. The third-order valence-electron chi connectivity index (χ3n) is 4.79. The van der Waals surface area contributed by atoms with Crippen molar-refractivity contribution in [2.24, 2.45) is 10.2 Å². The highest BCUT2D eigenvalue weighted by Gasteiger charge is 2.39. The first kappa shape index (κ1) is 19.7. The van der Waals surface area contributed by atoms with E-state index in [1.54, 1.807) is 23.1 Å². The van der Waals surface area contributed by atoms with Crippen LogP contribution in [0.5, 0.6) is 0 Å². The Kier molecular flexibility index (Phi) is 6.03. The molecule has 6 nitrogen and oxygen atoms in total. The number of piperidine rings is 1. The second-order valence-electron chi connectivity index (χ2n) is 6.74. The Morgan fingerprint density at radius 3 is 2.78 bits per heavy atom. The van der Waals surface area contributed by atoms with Crippen molar-refractivity contribution in [3.8, 4) is 12.3 Å². The Balaban J connectivity index is 1.55. The van der Waals surface area contributed by atoms with Crippen LogP contribution >= 0.6 is 23.2 Å². The Morgan fingerprint density at radius 2 is 2.11 bits per heavy atom. The van der Waals surface area contributed by atoms with Crippen molar-refractivity contribution in [1.29, 1.82) is 0 Å². The summed E-state index contributed by atoms with van der Waals surface area (Å²) in [5.41, 5.74) is 0.184. The van der Waals surface area contributed by atoms with Gasteiger partial charge in [0.05, 0.1) is 10.0 Å². The zero-order valence-corrected chi connectivity index (χ0v) is 16.3. The fourth-order valence-electron chi connectivity index (χ4n) is 3.17. The van der Waals surface area contributed by atoms with Gasteiger partial charge in [-0.1, -0.05) is 23.2 Å². The van der Waals surface area contributed by atoms with Crippen LogP contribution in [0.3, 0.4) is 0 Å². The summed E-state index contributed by atoms with van der Waals surface area (Å²) in [5.74, 6) is 2.24. The molecule has 0 spiro atoms. The van der Waals surface area contributed by atoms with Crippen LogP contribution in [-0.2, 0) is 9.59 Å². The van der Waals surface area contributed by atoms with E-state index in [1.165, 1.54) is 0 Å². The molecule has 142 valence electrons. The molecule has 1 atom stereocenters. The monoisotopic (exact) mass is 406 g/mol. The number of anilines is 1.